The topological polar surface area (TPSA) is 44.8 Å². The molecule has 0 saturated heterocycles. The highest BCUT2D eigenvalue weighted by molar-refractivity contribution is 6.80. The summed E-state index contributed by atoms with van der Waals surface area (Å²) >= 11 is 0. The van der Waals surface area contributed by atoms with E-state index in [0.717, 1.165) is 11.1 Å². The van der Waals surface area contributed by atoms with Crippen LogP contribution in [-0.2, 0) is 21.2 Å². The van der Waals surface area contributed by atoms with E-state index in [1.54, 1.807) is 13.2 Å². The molecule has 0 bridgehead atoms. The molecular weight excluding hydrogens is 476 g/mol. The van der Waals surface area contributed by atoms with Crippen LogP contribution in [0.5, 0.6) is 5.75 Å². The SMILES string of the molecule is COC(=O)c1cccc(OC)c1-c1ccc(C(C)(C)C)cc1CO[SiH](c1ccccc1)c1ccccc1. The van der Waals surface area contributed by atoms with Gasteiger partial charge in [0.05, 0.1) is 26.4 Å². The average Bonchev–Trinajstić information content (AvgIpc) is 2.93. The Balaban J connectivity index is 1.83. The fourth-order valence-corrected chi connectivity index (χ4v) is 6.76. The largest absolute Gasteiger partial charge is 0.496 e. The smallest absolute Gasteiger partial charge is 0.338 e. The van der Waals surface area contributed by atoms with Gasteiger partial charge in [0.25, 0.3) is 0 Å². The van der Waals surface area contributed by atoms with E-state index in [0.29, 0.717) is 23.5 Å². The van der Waals surface area contributed by atoms with E-state index in [1.165, 1.54) is 23.0 Å². The lowest BCUT2D eigenvalue weighted by atomic mass is 9.84. The van der Waals surface area contributed by atoms with E-state index < -0.39 is 15.0 Å². The molecule has 5 heteroatoms. The monoisotopic (exact) mass is 510 g/mol. The minimum Gasteiger partial charge on any atom is -0.496 e. The van der Waals surface area contributed by atoms with Crippen molar-refractivity contribution < 1.29 is 18.7 Å². The van der Waals surface area contributed by atoms with Gasteiger partial charge in [-0.2, -0.15) is 0 Å². The third kappa shape index (κ3) is 6.01. The first-order valence-corrected chi connectivity index (χ1v) is 14.1. The molecule has 0 N–H and O–H groups in total. The molecule has 4 nitrogen and oxygen atoms in total. The molecule has 4 aromatic rings. The van der Waals surface area contributed by atoms with Gasteiger partial charge in [0.2, 0.25) is 9.04 Å². The van der Waals surface area contributed by atoms with E-state index in [1.807, 2.05) is 24.3 Å². The van der Waals surface area contributed by atoms with Crippen molar-refractivity contribution in [3.05, 3.63) is 114 Å². The first-order chi connectivity index (χ1) is 17.8. The zero-order valence-corrected chi connectivity index (χ0v) is 23.3. The molecule has 4 aromatic carbocycles. The molecule has 0 aromatic heterocycles. The Morgan fingerprint density at radius 3 is 1.95 bits per heavy atom. The quantitative estimate of drug-likeness (QED) is 0.232. The number of hydrogen-bond donors (Lipinski definition) is 0. The minimum atomic E-state index is -1.97. The Bertz CT molecular complexity index is 1310. The third-order valence-electron chi connectivity index (χ3n) is 6.50. The van der Waals surface area contributed by atoms with Gasteiger partial charge >= 0.3 is 5.97 Å². The molecule has 0 saturated carbocycles. The zero-order chi connectivity index (χ0) is 26.4. The van der Waals surface area contributed by atoms with Crippen molar-refractivity contribution in [3.63, 3.8) is 0 Å². The maximum absolute atomic E-state index is 12.7. The first-order valence-electron chi connectivity index (χ1n) is 12.4. The van der Waals surface area contributed by atoms with Gasteiger partial charge in [0.1, 0.15) is 5.75 Å². The number of methoxy groups -OCH3 is 2. The molecule has 0 fully saturated rings. The Labute approximate surface area is 221 Å². The second kappa shape index (κ2) is 11.6. The molecule has 0 atom stereocenters. The van der Waals surface area contributed by atoms with Gasteiger partial charge in [0.15, 0.2) is 0 Å². The highest BCUT2D eigenvalue weighted by Gasteiger charge is 2.24. The van der Waals surface area contributed by atoms with E-state index in [4.69, 9.17) is 13.9 Å². The lowest BCUT2D eigenvalue weighted by molar-refractivity contribution is 0.0601. The maximum atomic E-state index is 12.7. The van der Waals surface area contributed by atoms with Crippen molar-refractivity contribution in [2.45, 2.75) is 32.8 Å². The van der Waals surface area contributed by atoms with Crippen LogP contribution in [0.2, 0.25) is 0 Å². The van der Waals surface area contributed by atoms with Crippen molar-refractivity contribution in [2.75, 3.05) is 14.2 Å². The summed E-state index contributed by atoms with van der Waals surface area (Å²) < 4.78 is 17.6. The highest BCUT2D eigenvalue weighted by atomic mass is 28.3. The number of carbonyl (C=O) groups is 1. The predicted molar refractivity (Wildman–Crippen MR) is 153 cm³/mol. The maximum Gasteiger partial charge on any atom is 0.338 e. The van der Waals surface area contributed by atoms with Gasteiger partial charge in [-0.1, -0.05) is 106 Å². The summed E-state index contributed by atoms with van der Waals surface area (Å²) in [6.07, 6.45) is 0. The van der Waals surface area contributed by atoms with Gasteiger partial charge in [-0.05, 0) is 44.6 Å². The molecule has 37 heavy (non-hydrogen) atoms. The minimum absolute atomic E-state index is 0.0467. The Kier molecular flexibility index (Phi) is 8.26. The van der Waals surface area contributed by atoms with Crippen LogP contribution in [0.4, 0.5) is 0 Å². The van der Waals surface area contributed by atoms with Crippen molar-refractivity contribution in [3.8, 4) is 16.9 Å². The molecule has 0 amide bonds. The van der Waals surface area contributed by atoms with Crippen molar-refractivity contribution in [2.24, 2.45) is 0 Å². The second-order valence-corrected chi connectivity index (χ2v) is 12.4. The number of hydrogen-bond acceptors (Lipinski definition) is 4. The van der Waals surface area contributed by atoms with Gasteiger partial charge in [-0.25, -0.2) is 4.79 Å². The van der Waals surface area contributed by atoms with E-state index in [2.05, 4.69) is 87.5 Å². The van der Waals surface area contributed by atoms with Crippen LogP contribution in [0.1, 0.15) is 42.3 Å². The Morgan fingerprint density at radius 2 is 1.41 bits per heavy atom. The summed E-state index contributed by atoms with van der Waals surface area (Å²) in [6.45, 7) is 6.99. The molecule has 190 valence electrons. The highest BCUT2D eigenvalue weighted by Crippen LogP contribution is 2.38. The van der Waals surface area contributed by atoms with Crippen molar-refractivity contribution in [1.82, 2.24) is 0 Å². The molecule has 0 spiro atoms. The number of esters is 1. The standard InChI is InChI=1S/C32H34O4Si/c1-32(2,3)24-19-20-27(30-28(31(33)35-5)17-12-18-29(30)34-4)23(21-24)22-36-37(25-13-8-6-9-14-25)26-15-10-7-11-16-26/h6-21,37H,22H2,1-5H3. The first kappa shape index (κ1) is 26.4. The average molecular weight is 511 g/mol. The molecule has 0 aliphatic heterocycles. The molecular formula is C32H34O4Si. The zero-order valence-electron chi connectivity index (χ0n) is 22.2. The van der Waals surface area contributed by atoms with Crippen LogP contribution < -0.4 is 15.1 Å². The van der Waals surface area contributed by atoms with Gasteiger partial charge in [0, 0.05) is 5.56 Å². The van der Waals surface area contributed by atoms with Crippen LogP contribution in [0.15, 0.2) is 97.1 Å². The number of rotatable bonds is 8. The summed E-state index contributed by atoms with van der Waals surface area (Å²) in [4.78, 5) is 12.7. The Hall–Kier alpha value is -3.67. The van der Waals surface area contributed by atoms with Crippen molar-refractivity contribution in [1.29, 1.82) is 0 Å². The second-order valence-electron chi connectivity index (χ2n) is 10.0. The van der Waals surface area contributed by atoms with E-state index in [9.17, 15) is 4.79 Å². The number of benzene rings is 4. The number of ether oxygens (including phenoxy) is 2. The van der Waals surface area contributed by atoms with Gasteiger partial charge < -0.3 is 13.9 Å². The van der Waals surface area contributed by atoms with Gasteiger partial charge in [-0.3, -0.25) is 0 Å². The van der Waals surface area contributed by atoms with Crippen LogP contribution in [-0.4, -0.2) is 29.2 Å². The normalized spacial score (nSPS) is 11.4. The number of carbonyl (C=O) groups excluding carboxylic acids is 1. The van der Waals surface area contributed by atoms with Crippen LogP contribution >= 0.6 is 0 Å². The summed E-state index contributed by atoms with van der Waals surface area (Å²) in [5.41, 5.74) is 4.24. The lowest BCUT2D eigenvalue weighted by Gasteiger charge is -2.24. The fourth-order valence-electron chi connectivity index (χ4n) is 4.50. The van der Waals surface area contributed by atoms with Crippen LogP contribution in [0, 0.1) is 0 Å². The molecule has 0 unspecified atom stereocenters. The molecule has 0 aliphatic rings. The van der Waals surface area contributed by atoms with Crippen molar-refractivity contribution >= 4 is 25.4 Å². The fraction of sp³-hybridized carbons (Fsp3) is 0.219. The van der Waals surface area contributed by atoms with E-state index >= 15 is 0 Å². The third-order valence-corrected chi connectivity index (χ3v) is 8.98. The summed E-state index contributed by atoms with van der Waals surface area (Å²) in [5, 5.41) is 2.43. The predicted octanol–water partition coefficient (Wildman–Crippen LogP) is 5.50. The molecule has 0 heterocycles. The van der Waals surface area contributed by atoms with Gasteiger partial charge in [-0.15, -0.1) is 0 Å². The molecule has 0 radical (unpaired) electrons. The lowest BCUT2D eigenvalue weighted by Crippen LogP contribution is -2.44. The summed E-state index contributed by atoms with van der Waals surface area (Å²) in [7, 11) is 1.04. The molecule has 4 rings (SSSR count). The summed E-state index contributed by atoms with van der Waals surface area (Å²) in [6, 6.07) is 32.7. The van der Waals surface area contributed by atoms with Crippen LogP contribution in [0.25, 0.3) is 11.1 Å². The Morgan fingerprint density at radius 1 is 0.784 bits per heavy atom. The van der Waals surface area contributed by atoms with E-state index in [-0.39, 0.29) is 5.41 Å². The molecule has 0 aliphatic carbocycles. The summed E-state index contributed by atoms with van der Waals surface area (Å²) in [5.74, 6) is 0.217. The van der Waals surface area contributed by atoms with Crippen LogP contribution in [0.3, 0.4) is 0 Å².